The van der Waals surface area contributed by atoms with Gasteiger partial charge in [0.2, 0.25) is 0 Å². The molecule has 3 aromatic rings. The van der Waals surface area contributed by atoms with Crippen LogP contribution in [0.15, 0.2) is 67.0 Å². The van der Waals surface area contributed by atoms with Gasteiger partial charge in [-0.05, 0) is 38.2 Å². The van der Waals surface area contributed by atoms with Crippen LogP contribution in [0.4, 0.5) is 0 Å². The van der Waals surface area contributed by atoms with Crippen LogP contribution in [0.25, 0.3) is 5.69 Å². The number of benzene rings is 2. The Hall–Kier alpha value is -2.96. The third-order valence-electron chi connectivity index (χ3n) is 4.31. The number of ether oxygens (including phenoxy) is 1. The maximum atomic E-state index is 11.4. The van der Waals surface area contributed by atoms with Gasteiger partial charge in [0, 0.05) is 30.4 Å². The molecule has 6 heteroatoms. The van der Waals surface area contributed by atoms with E-state index < -0.39 is 6.10 Å². The zero-order chi connectivity index (χ0) is 19.9. The molecule has 1 atom stereocenters. The lowest BCUT2D eigenvalue weighted by Gasteiger charge is -2.20. The van der Waals surface area contributed by atoms with E-state index in [-0.39, 0.29) is 12.4 Å². The van der Waals surface area contributed by atoms with Gasteiger partial charge in [0.15, 0.2) is 5.78 Å². The number of ketones is 1. The maximum Gasteiger partial charge on any atom is 0.159 e. The number of aromatic nitrogens is 2. The second-order valence-electron chi connectivity index (χ2n) is 6.87. The Labute approximate surface area is 165 Å². The molecular formula is C22H25N3O3. The minimum Gasteiger partial charge on any atom is -0.491 e. The van der Waals surface area contributed by atoms with Crippen molar-refractivity contribution in [1.82, 2.24) is 14.7 Å². The van der Waals surface area contributed by atoms with Crippen molar-refractivity contribution in [1.29, 1.82) is 0 Å². The topological polar surface area (TPSA) is 67.6 Å². The van der Waals surface area contributed by atoms with E-state index in [9.17, 15) is 9.90 Å². The largest absolute Gasteiger partial charge is 0.491 e. The molecule has 6 nitrogen and oxygen atoms in total. The van der Waals surface area contributed by atoms with Gasteiger partial charge in [0.25, 0.3) is 0 Å². The normalized spacial score (nSPS) is 12.1. The van der Waals surface area contributed by atoms with Crippen molar-refractivity contribution in [3.63, 3.8) is 0 Å². The molecule has 0 aliphatic heterocycles. The summed E-state index contributed by atoms with van der Waals surface area (Å²) in [5.74, 6) is 0.570. The summed E-state index contributed by atoms with van der Waals surface area (Å²) >= 11 is 0. The molecule has 0 saturated heterocycles. The standard InChI is InChI=1S/C22H25N3O3/c1-17(26)19-7-6-10-22(11-19)28-16-21(27)15-24(2)13-18-12-23-25(14-18)20-8-4-3-5-9-20/h3-12,14,21,27H,13,15-16H2,1-2H3. The fraction of sp³-hybridized carbons (Fsp3) is 0.273. The van der Waals surface area contributed by atoms with E-state index in [4.69, 9.17) is 4.74 Å². The Morgan fingerprint density at radius 1 is 1.21 bits per heavy atom. The molecule has 0 saturated carbocycles. The molecule has 1 heterocycles. The van der Waals surface area contributed by atoms with E-state index >= 15 is 0 Å². The van der Waals surface area contributed by atoms with Gasteiger partial charge in [0.1, 0.15) is 18.5 Å². The van der Waals surface area contributed by atoms with Crippen molar-refractivity contribution in [2.45, 2.75) is 19.6 Å². The molecule has 0 fully saturated rings. The van der Waals surface area contributed by atoms with Gasteiger partial charge in [-0.3, -0.25) is 9.69 Å². The molecule has 0 spiro atoms. The number of para-hydroxylation sites is 1. The molecule has 3 rings (SSSR count). The number of aliphatic hydroxyl groups excluding tert-OH is 1. The predicted octanol–water partition coefficient (Wildman–Crippen LogP) is 2.95. The van der Waals surface area contributed by atoms with Crippen LogP contribution in [0.3, 0.4) is 0 Å². The average molecular weight is 379 g/mol. The number of rotatable bonds is 9. The van der Waals surface area contributed by atoms with Gasteiger partial charge in [-0.2, -0.15) is 5.10 Å². The number of Topliss-reactive ketones (excluding diaryl/α,β-unsaturated/α-hetero) is 1. The van der Waals surface area contributed by atoms with Crippen LogP contribution in [0.1, 0.15) is 22.8 Å². The fourth-order valence-corrected chi connectivity index (χ4v) is 2.95. The molecular weight excluding hydrogens is 354 g/mol. The highest BCUT2D eigenvalue weighted by Gasteiger charge is 2.11. The monoisotopic (exact) mass is 379 g/mol. The van der Waals surface area contributed by atoms with Crippen LogP contribution < -0.4 is 4.74 Å². The van der Waals surface area contributed by atoms with Crippen molar-refractivity contribution in [3.05, 3.63) is 78.1 Å². The van der Waals surface area contributed by atoms with Gasteiger partial charge in [-0.25, -0.2) is 4.68 Å². The lowest BCUT2D eigenvalue weighted by atomic mass is 10.1. The van der Waals surface area contributed by atoms with E-state index in [1.165, 1.54) is 6.92 Å². The molecule has 2 aromatic carbocycles. The Morgan fingerprint density at radius 3 is 2.75 bits per heavy atom. The Balaban J connectivity index is 1.48. The minimum atomic E-state index is -0.643. The van der Waals surface area contributed by atoms with Crippen LogP contribution in [0.5, 0.6) is 5.75 Å². The number of carbonyl (C=O) groups excluding carboxylic acids is 1. The summed E-state index contributed by atoms with van der Waals surface area (Å²) in [6.45, 7) is 2.81. The Kier molecular flexibility index (Phi) is 6.57. The van der Waals surface area contributed by atoms with Crippen LogP contribution in [-0.2, 0) is 6.54 Å². The second kappa shape index (κ2) is 9.30. The van der Waals surface area contributed by atoms with Crippen molar-refractivity contribution >= 4 is 5.78 Å². The summed E-state index contributed by atoms with van der Waals surface area (Å²) in [6, 6.07) is 16.9. The number of nitrogens with zero attached hydrogens (tertiary/aromatic N) is 3. The molecule has 0 amide bonds. The maximum absolute atomic E-state index is 11.4. The molecule has 146 valence electrons. The fourth-order valence-electron chi connectivity index (χ4n) is 2.95. The lowest BCUT2D eigenvalue weighted by Crippen LogP contribution is -2.32. The first-order valence-electron chi connectivity index (χ1n) is 9.20. The first-order valence-corrected chi connectivity index (χ1v) is 9.20. The first-order chi connectivity index (χ1) is 13.5. The van der Waals surface area contributed by atoms with Crippen LogP contribution in [-0.4, -0.2) is 51.9 Å². The predicted molar refractivity (Wildman–Crippen MR) is 108 cm³/mol. The molecule has 1 aromatic heterocycles. The lowest BCUT2D eigenvalue weighted by molar-refractivity contribution is 0.0743. The summed E-state index contributed by atoms with van der Waals surface area (Å²) in [6.07, 6.45) is 3.18. The number of aliphatic hydroxyl groups is 1. The van der Waals surface area contributed by atoms with Crippen molar-refractivity contribution in [3.8, 4) is 11.4 Å². The third-order valence-corrected chi connectivity index (χ3v) is 4.31. The second-order valence-corrected chi connectivity index (χ2v) is 6.87. The summed E-state index contributed by atoms with van der Waals surface area (Å²) < 4.78 is 7.46. The molecule has 1 N–H and O–H groups in total. The third kappa shape index (κ3) is 5.52. The minimum absolute atomic E-state index is 0.0122. The highest BCUT2D eigenvalue weighted by atomic mass is 16.5. The zero-order valence-electron chi connectivity index (χ0n) is 16.2. The van der Waals surface area contributed by atoms with Gasteiger partial charge < -0.3 is 9.84 Å². The van der Waals surface area contributed by atoms with Gasteiger partial charge in [-0.15, -0.1) is 0 Å². The summed E-state index contributed by atoms with van der Waals surface area (Å²) in [5, 5.41) is 14.7. The number of likely N-dealkylation sites (N-methyl/N-ethyl adjacent to an activating group) is 1. The molecule has 0 radical (unpaired) electrons. The van der Waals surface area contributed by atoms with Gasteiger partial charge in [0.05, 0.1) is 11.9 Å². The molecule has 1 unspecified atom stereocenters. The van der Waals surface area contributed by atoms with Crippen molar-refractivity contribution in [2.24, 2.45) is 0 Å². The van der Waals surface area contributed by atoms with Crippen molar-refractivity contribution in [2.75, 3.05) is 20.2 Å². The number of carbonyl (C=O) groups is 1. The van der Waals surface area contributed by atoms with Crippen molar-refractivity contribution < 1.29 is 14.6 Å². The van der Waals surface area contributed by atoms with Crippen LogP contribution in [0.2, 0.25) is 0 Å². The molecule has 0 bridgehead atoms. The van der Waals surface area contributed by atoms with E-state index in [1.54, 1.807) is 24.3 Å². The Morgan fingerprint density at radius 2 is 2.00 bits per heavy atom. The quantitative estimate of drug-likeness (QED) is 0.579. The smallest absolute Gasteiger partial charge is 0.159 e. The summed E-state index contributed by atoms with van der Waals surface area (Å²) in [7, 11) is 1.94. The average Bonchev–Trinajstić information content (AvgIpc) is 3.15. The SMILES string of the molecule is CC(=O)c1cccc(OCC(O)CN(C)Cc2cnn(-c3ccccc3)c2)c1. The van der Waals surface area contributed by atoms with Gasteiger partial charge >= 0.3 is 0 Å². The molecule has 0 aliphatic rings. The molecule has 28 heavy (non-hydrogen) atoms. The van der Waals surface area contributed by atoms with E-state index in [0.29, 0.717) is 24.4 Å². The Bertz CT molecular complexity index is 908. The highest BCUT2D eigenvalue weighted by Crippen LogP contribution is 2.14. The van der Waals surface area contributed by atoms with E-state index in [2.05, 4.69) is 5.10 Å². The van der Waals surface area contributed by atoms with Crippen LogP contribution >= 0.6 is 0 Å². The first kappa shape index (κ1) is 19.8. The summed E-state index contributed by atoms with van der Waals surface area (Å²) in [4.78, 5) is 13.4. The zero-order valence-corrected chi connectivity index (χ0v) is 16.2. The summed E-state index contributed by atoms with van der Waals surface area (Å²) in [5.41, 5.74) is 2.67. The van der Waals surface area contributed by atoms with E-state index in [0.717, 1.165) is 11.3 Å². The van der Waals surface area contributed by atoms with Crippen LogP contribution in [0, 0.1) is 0 Å². The number of hydrogen-bond donors (Lipinski definition) is 1. The van der Waals surface area contributed by atoms with Gasteiger partial charge in [-0.1, -0.05) is 30.3 Å². The molecule has 0 aliphatic carbocycles. The van der Waals surface area contributed by atoms with E-state index in [1.807, 2.05) is 59.4 Å². The number of hydrogen-bond acceptors (Lipinski definition) is 5. The highest BCUT2D eigenvalue weighted by molar-refractivity contribution is 5.94.